The predicted molar refractivity (Wildman–Crippen MR) is 57.9 cm³/mol. The fraction of sp³-hybridized carbons (Fsp3) is 0.250. The van der Waals surface area contributed by atoms with E-state index in [1.165, 1.54) is 0 Å². The molecule has 17 heavy (non-hydrogen) atoms. The van der Waals surface area contributed by atoms with Crippen LogP contribution < -0.4 is 0 Å². The van der Waals surface area contributed by atoms with Gasteiger partial charge in [0.1, 0.15) is 11.5 Å². The van der Waals surface area contributed by atoms with Gasteiger partial charge in [-0.2, -0.15) is 0 Å². The minimum absolute atomic E-state index is 0.292. The van der Waals surface area contributed by atoms with E-state index >= 15 is 0 Å². The van der Waals surface area contributed by atoms with Crippen LogP contribution in [0.4, 0.5) is 0 Å². The van der Waals surface area contributed by atoms with Gasteiger partial charge in [0.25, 0.3) is 0 Å². The monoisotopic (exact) mass is 233 g/mol. The molecule has 5 nitrogen and oxygen atoms in total. The Kier molecular flexibility index (Phi) is 2.26. The summed E-state index contributed by atoms with van der Waals surface area (Å²) in [6.07, 6.45) is 1.27. The first-order valence-electron chi connectivity index (χ1n) is 5.35. The highest BCUT2D eigenvalue weighted by atomic mass is 16.5. The Hall–Kier alpha value is -2.01. The van der Waals surface area contributed by atoms with Crippen LogP contribution in [-0.4, -0.2) is 22.2 Å². The van der Waals surface area contributed by atoms with Gasteiger partial charge in [-0.3, -0.25) is 0 Å². The van der Waals surface area contributed by atoms with Gasteiger partial charge in [-0.15, -0.1) is 0 Å². The van der Waals surface area contributed by atoms with Crippen LogP contribution in [0.2, 0.25) is 0 Å². The number of nitrogens with zero attached hydrogens (tertiary/aromatic N) is 1. The second-order valence-corrected chi connectivity index (χ2v) is 3.87. The van der Waals surface area contributed by atoms with Crippen molar-refractivity contribution in [2.45, 2.75) is 12.6 Å². The van der Waals surface area contributed by atoms with Gasteiger partial charge in [0.05, 0.1) is 18.6 Å². The summed E-state index contributed by atoms with van der Waals surface area (Å²) in [6, 6.07) is 6.99. The summed E-state index contributed by atoms with van der Waals surface area (Å²) in [5.41, 5.74) is 1.11. The molecule has 1 N–H and O–H groups in total. The molecular weight excluding hydrogens is 222 g/mol. The molecule has 0 saturated carbocycles. The van der Waals surface area contributed by atoms with Crippen molar-refractivity contribution < 1.29 is 19.1 Å². The third-order valence-electron chi connectivity index (χ3n) is 2.90. The summed E-state index contributed by atoms with van der Waals surface area (Å²) in [4.78, 5) is 11.0. The van der Waals surface area contributed by atoms with Crippen LogP contribution in [0.25, 0.3) is 0 Å². The van der Waals surface area contributed by atoms with Crippen LogP contribution in [0.1, 0.15) is 28.0 Å². The van der Waals surface area contributed by atoms with E-state index in [1.54, 1.807) is 29.0 Å². The van der Waals surface area contributed by atoms with Crippen molar-refractivity contribution in [3.8, 4) is 0 Å². The molecule has 0 saturated heterocycles. The molecule has 2 aromatic rings. The Bertz CT molecular complexity index is 541. The van der Waals surface area contributed by atoms with E-state index in [2.05, 4.69) is 0 Å². The van der Waals surface area contributed by atoms with Gasteiger partial charge < -0.3 is 18.8 Å². The number of carbonyl (C=O) groups is 1. The van der Waals surface area contributed by atoms with E-state index in [1.807, 2.05) is 6.07 Å². The lowest BCUT2D eigenvalue weighted by Gasteiger charge is -2.24. The van der Waals surface area contributed by atoms with Gasteiger partial charge in [-0.05, 0) is 24.3 Å². The van der Waals surface area contributed by atoms with Crippen molar-refractivity contribution in [1.82, 2.24) is 4.57 Å². The highest BCUT2D eigenvalue weighted by molar-refractivity contribution is 5.86. The molecule has 1 unspecified atom stereocenters. The zero-order valence-corrected chi connectivity index (χ0v) is 9.00. The molecule has 3 rings (SSSR count). The lowest BCUT2D eigenvalue weighted by atomic mass is 10.2. The maximum absolute atomic E-state index is 11.0. The van der Waals surface area contributed by atoms with Crippen LogP contribution in [0.15, 0.2) is 34.9 Å². The Morgan fingerprint density at radius 3 is 3.00 bits per heavy atom. The number of aromatic carboxylic acids is 1. The van der Waals surface area contributed by atoms with Crippen molar-refractivity contribution in [3.63, 3.8) is 0 Å². The molecule has 1 atom stereocenters. The molecule has 3 heterocycles. The first-order valence-corrected chi connectivity index (χ1v) is 5.35. The lowest BCUT2D eigenvalue weighted by Crippen LogP contribution is -2.24. The second-order valence-electron chi connectivity index (χ2n) is 3.87. The van der Waals surface area contributed by atoms with Crippen LogP contribution in [0.3, 0.4) is 0 Å². The van der Waals surface area contributed by atoms with E-state index in [0.717, 1.165) is 5.69 Å². The summed E-state index contributed by atoms with van der Waals surface area (Å²) in [7, 11) is 0. The van der Waals surface area contributed by atoms with Crippen molar-refractivity contribution in [3.05, 3.63) is 47.7 Å². The molecule has 0 aromatic carbocycles. The molecule has 0 amide bonds. The summed E-state index contributed by atoms with van der Waals surface area (Å²) in [5.74, 6) is -0.225. The molecule has 88 valence electrons. The van der Waals surface area contributed by atoms with E-state index in [4.69, 9.17) is 14.3 Å². The van der Waals surface area contributed by atoms with Gasteiger partial charge in [0, 0.05) is 6.54 Å². The maximum Gasteiger partial charge on any atom is 0.352 e. The quantitative estimate of drug-likeness (QED) is 0.860. The third-order valence-corrected chi connectivity index (χ3v) is 2.90. The van der Waals surface area contributed by atoms with Gasteiger partial charge in [-0.1, -0.05) is 0 Å². The molecule has 0 spiro atoms. The lowest BCUT2D eigenvalue weighted by molar-refractivity contribution is 0.0313. The third kappa shape index (κ3) is 1.55. The molecule has 5 heteroatoms. The van der Waals surface area contributed by atoms with Crippen molar-refractivity contribution in [2.24, 2.45) is 0 Å². The number of rotatable bonds is 2. The molecule has 0 aliphatic carbocycles. The molecule has 0 radical (unpaired) electrons. The number of aromatic nitrogens is 1. The van der Waals surface area contributed by atoms with E-state index < -0.39 is 5.97 Å². The average molecular weight is 233 g/mol. The number of ether oxygens (including phenoxy) is 1. The molecule has 2 aromatic heterocycles. The fourth-order valence-electron chi connectivity index (χ4n) is 2.16. The first kappa shape index (κ1) is 10.2. The zero-order chi connectivity index (χ0) is 11.8. The van der Waals surface area contributed by atoms with Crippen LogP contribution in [-0.2, 0) is 11.3 Å². The van der Waals surface area contributed by atoms with E-state index in [-0.39, 0.29) is 6.10 Å². The number of furan rings is 1. The van der Waals surface area contributed by atoms with Gasteiger partial charge >= 0.3 is 5.97 Å². The molecule has 1 aliphatic heterocycles. The Morgan fingerprint density at radius 1 is 1.41 bits per heavy atom. The number of carboxylic acid groups (broad SMARTS) is 1. The number of carboxylic acids is 1. The van der Waals surface area contributed by atoms with Gasteiger partial charge in [0.15, 0.2) is 6.10 Å². The highest BCUT2D eigenvalue weighted by Crippen LogP contribution is 2.31. The Morgan fingerprint density at radius 2 is 2.29 bits per heavy atom. The van der Waals surface area contributed by atoms with Crippen LogP contribution in [0, 0.1) is 0 Å². The summed E-state index contributed by atoms with van der Waals surface area (Å²) >= 11 is 0. The number of fused-ring (bicyclic) bond motifs is 1. The van der Waals surface area contributed by atoms with Crippen molar-refractivity contribution >= 4 is 5.97 Å². The van der Waals surface area contributed by atoms with Gasteiger partial charge in [0.2, 0.25) is 0 Å². The van der Waals surface area contributed by atoms with Crippen LogP contribution in [0.5, 0.6) is 0 Å². The zero-order valence-electron chi connectivity index (χ0n) is 9.00. The van der Waals surface area contributed by atoms with E-state index in [9.17, 15) is 4.79 Å². The summed E-state index contributed by atoms with van der Waals surface area (Å²) in [5, 5.41) is 9.06. The van der Waals surface area contributed by atoms with Crippen molar-refractivity contribution in [2.75, 3.05) is 6.61 Å². The highest BCUT2D eigenvalue weighted by Gasteiger charge is 2.27. The molecule has 0 bridgehead atoms. The number of hydrogen-bond acceptors (Lipinski definition) is 3. The maximum atomic E-state index is 11.0. The predicted octanol–water partition coefficient (Wildman–Crippen LogP) is 1.90. The minimum Gasteiger partial charge on any atom is -0.477 e. The normalized spacial score (nSPS) is 18.9. The minimum atomic E-state index is -0.920. The largest absolute Gasteiger partial charge is 0.477 e. The first-order chi connectivity index (χ1) is 8.27. The average Bonchev–Trinajstić information content (AvgIpc) is 2.97. The fourth-order valence-corrected chi connectivity index (χ4v) is 2.16. The van der Waals surface area contributed by atoms with Crippen molar-refractivity contribution in [1.29, 1.82) is 0 Å². The molecular formula is C12H11NO4. The topological polar surface area (TPSA) is 64.6 Å². The smallest absolute Gasteiger partial charge is 0.352 e. The SMILES string of the molecule is O=C(O)c1ccc2n1CCOC2c1ccco1. The van der Waals surface area contributed by atoms with Crippen LogP contribution >= 0.6 is 0 Å². The second kappa shape index (κ2) is 3.78. The van der Waals surface area contributed by atoms with E-state index in [0.29, 0.717) is 24.6 Å². The van der Waals surface area contributed by atoms with Gasteiger partial charge in [-0.25, -0.2) is 4.79 Å². The summed E-state index contributed by atoms with van der Waals surface area (Å²) in [6.45, 7) is 1.04. The molecule has 0 fully saturated rings. The Balaban J connectivity index is 2.06. The number of hydrogen-bond donors (Lipinski definition) is 1. The molecule has 1 aliphatic rings. The standard InChI is InChI=1S/C12H11NO4/c14-12(15)9-4-3-8-11(10-2-1-6-16-10)17-7-5-13(8)9/h1-4,6,11H,5,7H2,(H,14,15). The Labute approximate surface area is 97.2 Å². The summed E-state index contributed by atoms with van der Waals surface area (Å²) < 4.78 is 12.7.